The number of rotatable bonds is 6. The Morgan fingerprint density at radius 3 is 2.53 bits per heavy atom. The van der Waals surface area contributed by atoms with Crippen molar-refractivity contribution in [3.8, 4) is 0 Å². The summed E-state index contributed by atoms with van der Waals surface area (Å²) in [6.45, 7) is 3.86. The normalized spacial score (nSPS) is 14.3. The van der Waals surface area contributed by atoms with Crippen molar-refractivity contribution in [2.75, 3.05) is 13.1 Å². The molecule has 1 amide bonds. The number of carbonyl (C=O) groups is 1. The predicted molar refractivity (Wildman–Crippen MR) is 130 cm³/mol. The third kappa shape index (κ3) is 5.52. The Kier molecular flexibility index (Phi) is 7.51. The van der Waals surface area contributed by atoms with Crippen LogP contribution in [0.5, 0.6) is 0 Å². The first-order valence-electron chi connectivity index (χ1n) is 10.8. The van der Waals surface area contributed by atoms with Crippen molar-refractivity contribution in [3.05, 3.63) is 99.3 Å². The molecular formula is C26H26ClFN2OS. The molecule has 2 N–H and O–H groups in total. The SMILES string of the molecule is CC(NC(=O)c1ccc(CSc2c(Cl)ccc3c2CCNCC3)cc1)c1ccc(F)cc1. The first kappa shape index (κ1) is 22.8. The summed E-state index contributed by atoms with van der Waals surface area (Å²) in [7, 11) is 0. The first-order chi connectivity index (χ1) is 15.5. The number of benzene rings is 3. The van der Waals surface area contributed by atoms with Crippen LogP contribution in [0.2, 0.25) is 5.02 Å². The van der Waals surface area contributed by atoms with Crippen LogP contribution in [0.1, 0.15) is 45.6 Å². The van der Waals surface area contributed by atoms with Gasteiger partial charge in [-0.2, -0.15) is 0 Å². The van der Waals surface area contributed by atoms with Crippen LogP contribution in [0.4, 0.5) is 4.39 Å². The van der Waals surface area contributed by atoms with Gasteiger partial charge in [-0.15, -0.1) is 11.8 Å². The summed E-state index contributed by atoms with van der Waals surface area (Å²) >= 11 is 8.30. The monoisotopic (exact) mass is 468 g/mol. The maximum absolute atomic E-state index is 13.1. The molecule has 166 valence electrons. The number of fused-ring (bicyclic) bond motifs is 1. The minimum Gasteiger partial charge on any atom is -0.346 e. The van der Waals surface area contributed by atoms with Crippen LogP contribution in [0.3, 0.4) is 0 Å². The molecule has 0 saturated heterocycles. The number of nitrogens with one attached hydrogen (secondary N) is 2. The number of carbonyl (C=O) groups excluding carboxylic acids is 1. The van der Waals surface area contributed by atoms with Crippen LogP contribution in [0, 0.1) is 5.82 Å². The Balaban J connectivity index is 1.39. The molecule has 3 nitrogen and oxygen atoms in total. The minimum atomic E-state index is -0.287. The van der Waals surface area contributed by atoms with E-state index in [2.05, 4.69) is 16.7 Å². The standard InChI is InChI=1S/C26H26ClFN2OS/c1-17(19-6-9-22(28)10-7-19)30-26(31)21-4-2-18(3-5-21)16-32-25-23-13-15-29-14-12-20(23)8-11-24(25)27/h2-11,17,29H,12-16H2,1H3,(H,30,31). The Labute approximate surface area is 197 Å². The molecule has 0 aliphatic carbocycles. The van der Waals surface area contributed by atoms with E-state index in [-0.39, 0.29) is 17.8 Å². The van der Waals surface area contributed by atoms with E-state index < -0.39 is 0 Å². The zero-order chi connectivity index (χ0) is 22.5. The molecule has 0 saturated carbocycles. The second-order valence-corrected chi connectivity index (χ2v) is 9.39. The molecule has 0 spiro atoms. The number of halogens is 2. The lowest BCUT2D eigenvalue weighted by Crippen LogP contribution is -2.26. The van der Waals surface area contributed by atoms with Crippen LogP contribution < -0.4 is 10.6 Å². The molecule has 0 bridgehead atoms. The second kappa shape index (κ2) is 10.5. The van der Waals surface area contributed by atoms with Crippen LogP contribution in [-0.2, 0) is 18.6 Å². The number of hydrogen-bond donors (Lipinski definition) is 2. The smallest absolute Gasteiger partial charge is 0.251 e. The van der Waals surface area contributed by atoms with Gasteiger partial charge in [0.25, 0.3) is 5.91 Å². The third-order valence-corrected chi connectivity index (χ3v) is 7.41. The maximum Gasteiger partial charge on any atom is 0.251 e. The van der Waals surface area contributed by atoms with Gasteiger partial charge in [-0.25, -0.2) is 4.39 Å². The summed E-state index contributed by atoms with van der Waals surface area (Å²) in [6.07, 6.45) is 2.02. The van der Waals surface area contributed by atoms with E-state index in [1.54, 1.807) is 23.9 Å². The highest BCUT2D eigenvalue weighted by atomic mass is 35.5. The van der Waals surface area contributed by atoms with Gasteiger partial charge in [0.05, 0.1) is 11.1 Å². The first-order valence-corrected chi connectivity index (χ1v) is 12.2. The minimum absolute atomic E-state index is 0.148. The average Bonchev–Trinajstić information content (AvgIpc) is 3.05. The van der Waals surface area contributed by atoms with E-state index in [4.69, 9.17) is 11.6 Å². The highest BCUT2D eigenvalue weighted by Gasteiger charge is 2.16. The van der Waals surface area contributed by atoms with Gasteiger partial charge in [0.1, 0.15) is 5.82 Å². The van der Waals surface area contributed by atoms with E-state index in [1.807, 2.05) is 37.3 Å². The highest BCUT2D eigenvalue weighted by Crippen LogP contribution is 2.36. The Morgan fingerprint density at radius 1 is 1.06 bits per heavy atom. The Hall–Kier alpha value is -2.34. The van der Waals surface area contributed by atoms with E-state index in [1.165, 1.54) is 28.2 Å². The van der Waals surface area contributed by atoms with Crippen molar-refractivity contribution in [2.24, 2.45) is 0 Å². The molecule has 32 heavy (non-hydrogen) atoms. The molecule has 1 aliphatic heterocycles. The molecule has 0 fully saturated rings. The van der Waals surface area contributed by atoms with E-state index in [0.717, 1.165) is 47.8 Å². The molecule has 0 radical (unpaired) electrons. The largest absolute Gasteiger partial charge is 0.346 e. The lowest BCUT2D eigenvalue weighted by molar-refractivity contribution is 0.0940. The van der Waals surface area contributed by atoms with Gasteiger partial charge in [-0.1, -0.05) is 41.9 Å². The summed E-state index contributed by atoms with van der Waals surface area (Å²) in [5, 5.41) is 7.22. The van der Waals surface area contributed by atoms with Gasteiger partial charge in [0.2, 0.25) is 0 Å². The van der Waals surface area contributed by atoms with Crippen molar-refractivity contribution in [2.45, 2.75) is 36.5 Å². The third-order valence-electron chi connectivity index (χ3n) is 5.75. The Morgan fingerprint density at radius 2 is 1.78 bits per heavy atom. The molecule has 3 aromatic rings. The molecule has 4 rings (SSSR count). The lowest BCUT2D eigenvalue weighted by atomic mass is 10.0. The van der Waals surface area contributed by atoms with Crippen molar-refractivity contribution in [3.63, 3.8) is 0 Å². The Bertz CT molecular complexity index is 1090. The fourth-order valence-corrected chi connectivity index (χ4v) is 5.35. The number of thioether (sulfide) groups is 1. The van der Waals surface area contributed by atoms with Gasteiger partial charge in [0, 0.05) is 16.2 Å². The topological polar surface area (TPSA) is 41.1 Å². The van der Waals surface area contributed by atoms with Gasteiger partial charge in [0.15, 0.2) is 0 Å². The maximum atomic E-state index is 13.1. The van der Waals surface area contributed by atoms with Crippen LogP contribution >= 0.6 is 23.4 Å². The van der Waals surface area contributed by atoms with Crippen LogP contribution in [-0.4, -0.2) is 19.0 Å². The zero-order valence-electron chi connectivity index (χ0n) is 18.0. The van der Waals surface area contributed by atoms with Crippen molar-refractivity contribution in [1.29, 1.82) is 0 Å². The average molecular weight is 469 g/mol. The summed E-state index contributed by atoms with van der Waals surface area (Å²) < 4.78 is 13.1. The van der Waals surface area contributed by atoms with Crippen LogP contribution in [0.25, 0.3) is 0 Å². The van der Waals surface area contributed by atoms with Gasteiger partial charge < -0.3 is 10.6 Å². The fraction of sp³-hybridized carbons (Fsp3) is 0.269. The van der Waals surface area contributed by atoms with Crippen LogP contribution in [0.15, 0.2) is 65.6 Å². The predicted octanol–water partition coefficient (Wildman–Crippen LogP) is 5.95. The zero-order valence-corrected chi connectivity index (χ0v) is 19.5. The molecule has 0 aromatic heterocycles. The van der Waals surface area contributed by atoms with Crippen molar-refractivity contribution >= 4 is 29.3 Å². The second-order valence-electron chi connectivity index (χ2n) is 8.00. The molecule has 3 aromatic carbocycles. The summed E-state index contributed by atoms with van der Waals surface area (Å²) in [6, 6.07) is 17.8. The summed E-state index contributed by atoms with van der Waals surface area (Å²) in [5.74, 6) is 0.354. The van der Waals surface area contributed by atoms with Gasteiger partial charge >= 0.3 is 0 Å². The molecule has 1 aliphatic rings. The van der Waals surface area contributed by atoms with E-state index >= 15 is 0 Å². The quantitative estimate of drug-likeness (QED) is 0.439. The molecular weight excluding hydrogens is 443 g/mol. The molecule has 1 heterocycles. The van der Waals surface area contributed by atoms with Crippen molar-refractivity contribution < 1.29 is 9.18 Å². The van der Waals surface area contributed by atoms with E-state index in [0.29, 0.717) is 5.56 Å². The number of hydrogen-bond acceptors (Lipinski definition) is 3. The lowest BCUT2D eigenvalue weighted by Gasteiger charge is -2.15. The van der Waals surface area contributed by atoms with Gasteiger partial charge in [-0.3, -0.25) is 4.79 Å². The molecule has 1 atom stereocenters. The van der Waals surface area contributed by atoms with Crippen molar-refractivity contribution in [1.82, 2.24) is 10.6 Å². The molecule has 6 heteroatoms. The van der Waals surface area contributed by atoms with E-state index in [9.17, 15) is 9.18 Å². The van der Waals surface area contributed by atoms with Gasteiger partial charge in [-0.05, 0) is 85.4 Å². The molecule has 1 unspecified atom stereocenters. The summed E-state index contributed by atoms with van der Waals surface area (Å²) in [5.41, 5.74) is 5.34. The highest BCUT2D eigenvalue weighted by molar-refractivity contribution is 7.98. The number of amides is 1. The summed E-state index contributed by atoms with van der Waals surface area (Å²) in [4.78, 5) is 13.8. The fourth-order valence-electron chi connectivity index (χ4n) is 3.89.